The molecule has 7 nitrogen and oxygen atoms in total. The molecule has 0 radical (unpaired) electrons. The highest BCUT2D eigenvalue weighted by Crippen LogP contribution is 2.33. The zero-order valence-electron chi connectivity index (χ0n) is 17.5. The number of fused-ring (bicyclic) bond motifs is 1. The predicted molar refractivity (Wildman–Crippen MR) is 119 cm³/mol. The molecule has 5 N–H and O–H groups in total. The summed E-state index contributed by atoms with van der Waals surface area (Å²) < 4.78 is 0. The van der Waals surface area contributed by atoms with Gasteiger partial charge in [-0.1, -0.05) is 18.2 Å². The molecule has 0 spiro atoms. The van der Waals surface area contributed by atoms with Crippen LogP contribution in [-0.4, -0.2) is 32.1 Å². The molecule has 152 valence electrons. The molecule has 1 fully saturated rings. The lowest BCUT2D eigenvalue weighted by Crippen LogP contribution is -2.60. The second-order valence-electron chi connectivity index (χ2n) is 9.13. The van der Waals surface area contributed by atoms with Crippen LogP contribution >= 0.6 is 0 Å². The number of hydrogen-bond donors (Lipinski definition) is 4. The summed E-state index contributed by atoms with van der Waals surface area (Å²) in [7, 11) is 0. The highest BCUT2D eigenvalue weighted by molar-refractivity contribution is 5.93. The van der Waals surface area contributed by atoms with Crippen LogP contribution in [0.5, 0.6) is 0 Å². The van der Waals surface area contributed by atoms with Crippen molar-refractivity contribution in [3.05, 3.63) is 42.9 Å². The number of piperidine rings is 1. The molecule has 1 aliphatic rings. The molecule has 3 aromatic rings. The number of nitrogens with one attached hydrogen (secondary N) is 3. The fourth-order valence-electron chi connectivity index (χ4n) is 4.56. The number of nitrogens with two attached hydrogens (primary N) is 1. The molecule has 1 saturated heterocycles. The number of nitrogen functional groups attached to an aromatic ring is 1. The minimum Gasteiger partial charge on any atom is -0.393 e. The Labute approximate surface area is 171 Å². The summed E-state index contributed by atoms with van der Waals surface area (Å²) in [6.45, 7) is 8.91. The number of aromatic nitrogens is 3. The molecular weight excluding hydrogens is 362 g/mol. The number of anilines is 4. The largest absolute Gasteiger partial charge is 0.393 e. The van der Waals surface area contributed by atoms with Gasteiger partial charge >= 0.3 is 0 Å². The summed E-state index contributed by atoms with van der Waals surface area (Å²) in [5.41, 5.74) is 8.77. The molecule has 2 aromatic heterocycles. The zero-order chi connectivity index (χ0) is 20.6. The van der Waals surface area contributed by atoms with Crippen LogP contribution in [0.2, 0.25) is 0 Å². The highest BCUT2D eigenvalue weighted by atomic mass is 15.1. The molecule has 3 heterocycles. The summed E-state index contributed by atoms with van der Waals surface area (Å²) >= 11 is 0. The van der Waals surface area contributed by atoms with Crippen molar-refractivity contribution < 1.29 is 0 Å². The van der Waals surface area contributed by atoms with E-state index in [-0.39, 0.29) is 17.1 Å². The molecule has 4 rings (SSSR count). The molecule has 1 aliphatic heterocycles. The quantitative estimate of drug-likeness (QED) is 0.532. The predicted octanol–water partition coefficient (Wildman–Crippen LogP) is 4.07. The van der Waals surface area contributed by atoms with E-state index >= 15 is 0 Å². The monoisotopic (exact) mass is 391 g/mol. The molecule has 0 saturated carbocycles. The summed E-state index contributed by atoms with van der Waals surface area (Å²) in [5.74, 6) is 1.24. The van der Waals surface area contributed by atoms with Crippen molar-refractivity contribution in [1.29, 1.82) is 0 Å². The Morgan fingerprint density at radius 3 is 2.41 bits per heavy atom. The smallest absolute Gasteiger partial charge is 0.159 e. The number of benzene rings is 1. The van der Waals surface area contributed by atoms with Crippen LogP contribution in [-0.2, 0) is 0 Å². The second kappa shape index (κ2) is 7.15. The maximum Gasteiger partial charge on any atom is 0.159 e. The van der Waals surface area contributed by atoms with Gasteiger partial charge in [0, 0.05) is 28.7 Å². The summed E-state index contributed by atoms with van der Waals surface area (Å²) in [6.07, 6.45) is 5.28. The topological polar surface area (TPSA) is 101 Å². The van der Waals surface area contributed by atoms with E-state index in [1.165, 1.54) is 6.33 Å². The summed E-state index contributed by atoms with van der Waals surface area (Å²) in [4.78, 5) is 13.3. The molecule has 7 heteroatoms. The van der Waals surface area contributed by atoms with Crippen LogP contribution in [0, 0.1) is 0 Å². The van der Waals surface area contributed by atoms with Crippen LogP contribution in [0.3, 0.4) is 0 Å². The van der Waals surface area contributed by atoms with Gasteiger partial charge in [0.05, 0.1) is 11.2 Å². The average Bonchev–Trinajstić information content (AvgIpc) is 2.63. The SMILES string of the molecule is CC1(C)CC(Nc2ncnc(Nc3cccc4cccnc34)c2N)CC(C)(C)N1. The number of hydrogen-bond acceptors (Lipinski definition) is 7. The highest BCUT2D eigenvalue weighted by Gasteiger charge is 2.37. The molecular formula is C22H29N7. The van der Waals surface area contributed by atoms with Crippen molar-refractivity contribution >= 4 is 33.9 Å². The Morgan fingerprint density at radius 1 is 0.966 bits per heavy atom. The Balaban J connectivity index is 1.59. The average molecular weight is 392 g/mol. The van der Waals surface area contributed by atoms with Crippen LogP contribution in [0.25, 0.3) is 10.9 Å². The Bertz CT molecular complexity index is 1010. The Hall–Kier alpha value is -2.93. The zero-order valence-corrected chi connectivity index (χ0v) is 17.5. The number of rotatable bonds is 4. The van der Waals surface area contributed by atoms with Gasteiger partial charge in [-0.2, -0.15) is 0 Å². The van der Waals surface area contributed by atoms with Gasteiger partial charge in [-0.15, -0.1) is 0 Å². The first-order chi connectivity index (χ1) is 13.7. The van der Waals surface area contributed by atoms with Crippen LogP contribution in [0.15, 0.2) is 42.9 Å². The second-order valence-corrected chi connectivity index (χ2v) is 9.13. The number of pyridine rings is 1. The lowest BCUT2D eigenvalue weighted by molar-refractivity contribution is 0.170. The maximum atomic E-state index is 6.44. The molecule has 0 aliphatic carbocycles. The standard InChI is InChI=1S/C22H29N7/c1-21(2)11-15(12-22(3,4)29-21)27-19-17(23)20(26-13-25-19)28-16-9-5-7-14-8-6-10-24-18(14)16/h5-10,13,15,29H,11-12,23H2,1-4H3,(H2,25,26,27,28). The normalized spacial score (nSPS) is 18.5. The Kier molecular flexibility index (Phi) is 4.78. The van der Waals surface area contributed by atoms with Gasteiger partial charge in [0.15, 0.2) is 11.6 Å². The molecule has 0 bridgehead atoms. The number of para-hydroxylation sites is 1. The first kappa shape index (κ1) is 19.4. The first-order valence-corrected chi connectivity index (χ1v) is 10.00. The van der Waals surface area contributed by atoms with Gasteiger partial charge in [0.1, 0.15) is 12.0 Å². The van der Waals surface area contributed by atoms with E-state index in [0.717, 1.165) is 29.4 Å². The minimum absolute atomic E-state index is 0.0386. The van der Waals surface area contributed by atoms with Gasteiger partial charge < -0.3 is 21.7 Å². The molecule has 1 aromatic carbocycles. The molecule has 0 amide bonds. The van der Waals surface area contributed by atoms with Crippen molar-refractivity contribution in [2.24, 2.45) is 0 Å². The maximum absolute atomic E-state index is 6.44. The van der Waals surface area contributed by atoms with Crippen LogP contribution < -0.4 is 21.7 Å². The van der Waals surface area contributed by atoms with E-state index in [1.54, 1.807) is 6.20 Å². The van der Waals surface area contributed by atoms with Gasteiger partial charge in [0.2, 0.25) is 0 Å². The van der Waals surface area contributed by atoms with Crippen LogP contribution in [0.1, 0.15) is 40.5 Å². The van der Waals surface area contributed by atoms with E-state index in [1.807, 2.05) is 30.3 Å². The summed E-state index contributed by atoms with van der Waals surface area (Å²) in [6, 6.07) is 10.2. The minimum atomic E-state index is 0.0386. The first-order valence-electron chi connectivity index (χ1n) is 10.00. The summed E-state index contributed by atoms with van der Waals surface area (Å²) in [5, 5.41) is 11.6. The van der Waals surface area contributed by atoms with Gasteiger partial charge in [-0.25, -0.2) is 9.97 Å². The third-order valence-electron chi connectivity index (χ3n) is 5.30. The van der Waals surface area contributed by atoms with E-state index in [0.29, 0.717) is 17.3 Å². The lowest BCUT2D eigenvalue weighted by Gasteiger charge is -2.46. The molecule has 29 heavy (non-hydrogen) atoms. The van der Waals surface area contributed by atoms with Crippen molar-refractivity contribution in [3.63, 3.8) is 0 Å². The molecule has 0 atom stereocenters. The van der Waals surface area contributed by atoms with E-state index in [4.69, 9.17) is 5.73 Å². The van der Waals surface area contributed by atoms with E-state index in [2.05, 4.69) is 58.6 Å². The Morgan fingerprint density at radius 2 is 1.66 bits per heavy atom. The van der Waals surface area contributed by atoms with Crippen molar-refractivity contribution in [2.75, 3.05) is 16.4 Å². The lowest BCUT2D eigenvalue weighted by atomic mass is 9.79. The van der Waals surface area contributed by atoms with Crippen molar-refractivity contribution in [2.45, 2.75) is 57.7 Å². The number of nitrogens with zero attached hydrogens (tertiary/aromatic N) is 3. The fraction of sp³-hybridized carbons (Fsp3) is 0.409. The van der Waals surface area contributed by atoms with Crippen molar-refractivity contribution in [3.8, 4) is 0 Å². The van der Waals surface area contributed by atoms with Gasteiger partial charge in [-0.05, 0) is 52.7 Å². The van der Waals surface area contributed by atoms with Crippen molar-refractivity contribution in [1.82, 2.24) is 20.3 Å². The fourth-order valence-corrected chi connectivity index (χ4v) is 4.56. The van der Waals surface area contributed by atoms with Gasteiger partial charge in [0.25, 0.3) is 0 Å². The van der Waals surface area contributed by atoms with Gasteiger partial charge in [-0.3, -0.25) is 4.98 Å². The van der Waals surface area contributed by atoms with Crippen LogP contribution in [0.4, 0.5) is 23.0 Å². The van der Waals surface area contributed by atoms with E-state index < -0.39 is 0 Å². The van der Waals surface area contributed by atoms with E-state index in [9.17, 15) is 0 Å². The molecule has 0 unspecified atom stereocenters. The third-order valence-corrected chi connectivity index (χ3v) is 5.30. The third kappa shape index (κ3) is 4.24.